The second-order valence-corrected chi connectivity index (χ2v) is 3.89. The summed E-state index contributed by atoms with van der Waals surface area (Å²) >= 11 is 0. The molecule has 2 aromatic rings. The largest absolute Gasteiger partial charge is 0.370 e. The first-order valence-electron chi connectivity index (χ1n) is 6.08. The molecule has 0 aliphatic rings. The minimum Gasteiger partial charge on any atom is -0.370 e. The second kappa shape index (κ2) is 5.47. The molecule has 1 N–H and O–H groups in total. The summed E-state index contributed by atoms with van der Waals surface area (Å²) in [4.78, 5) is 19.1. The van der Waals surface area contributed by atoms with E-state index >= 15 is 0 Å². The van der Waals surface area contributed by atoms with Crippen LogP contribution in [-0.4, -0.2) is 26.0 Å². The Bertz CT molecular complexity index is 594. The molecular weight excluding hydrogens is 246 g/mol. The molecule has 0 fully saturated rings. The van der Waals surface area contributed by atoms with Crippen LogP contribution in [0, 0.1) is 10.1 Å². The van der Waals surface area contributed by atoms with E-state index in [9.17, 15) is 10.1 Å². The molecule has 0 aliphatic heterocycles. The number of pyridine rings is 1. The van der Waals surface area contributed by atoms with Crippen molar-refractivity contribution in [1.82, 2.24) is 14.5 Å². The van der Waals surface area contributed by atoms with Crippen LogP contribution < -0.4 is 5.32 Å². The van der Waals surface area contributed by atoms with Crippen molar-refractivity contribution in [2.75, 3.05) is 11.9 Å². The number of nitro groups is 1. The van der Waals surface area contributed by atoms with Crippen LogP contribution in [0.2, 0.25) is 0 Å². The van der Waals surface area contributed by atoms with Gasteiger partial charge in [-0.05, 0) is 19.9 Å². The maximum atomic E-state index is 11.1. The van der Waals surface area contributed by atoms with Crippen LogP contribution in [0.4, 0.5) is 11.5 Å². The van der Waals surface area contributed by atoms with E-state index in [4.69, 9.17) is 0 Å². The summed E-state index contributed by atoms with van der Waals surface area (Å²) in [5.41, 5.74) is 0.248. The Kier molecular flexibility index (Phi) is 3.74. The topological polar surface area (TPSA) is 85.9 Å². The highest BCUT2D eigenvalue weighted by molar-refractivity contribution is 5.66. The van der Waals surface area contributed by atoms with Crippen molar-refractivity contribution in [3.05, 3.63) is 34.6 Å². The lowest BCUT2D eigenvalue weighted by molar-refractivity contribution is -0.384. The van der Waals surface area contributed by atoms with E-state index in [0.29, 0.717) is 24.7 Å². The van der Waals surface area contributed by atoms with E-state index in [-0.39, 0.29) is 11.4 Å². The highest BCUT2D eigenvalue weighted by Gasteiger charge is 2.21. The van der Waals surface area contributed by atoms with E-state index < -0.39 is 4.92 Å². The summed E-state index contributed by atoms with van der Waals surface area (Å²) in [5, 5.41) is 14.1. The van der Waals surface area contributed by atoms with Gasteiger partial charge < -0.3 is 9.88 Å². The average molecular weight is 261 g/mol. The van der Waals surface area contributed by atoms with Crippen LogP contribution in [-0.2, 0) is 6.54 Å². The third kappa shape index (κ3) is 2.54. The van der Waals surface area contributed by atoms with Gasteiger partial charge in [0.25, 0.3) is 5.69 Å². The zero-order chi connectivity index (χ0) is 13.8. The standard InChI is InChI=1S/C12H15N5O2/c1-3-13-10-6-5-9(17(18)19)11(15-10)12-14-7-8-16(12)4-2/h5-8H,3-4H2,1-2H3,(H,13,15). The SMILES string of the molecule is CCNc1ccc([N+](=O)[O-])c(-c2nccn2CC)n1. The van der Waals surface area contributed by atoms with Gasteiger partial charge in [-0.15, -0.1) is 0 Å². The summed E-state index contributed by atoms with van der Waals surface area (Å²) in [6, 6.07) is 3.05. The molecule has 0 aliphatic carbocycles. The number of nitrogens with zero attached hydrogens (tertiary/aromatic N) is 4. The minimum atomic E-state index is -0.438. The number of hydrogen-bond acceptors (Lipinski definition) is 5. The molecule has 19 heavy (non-hydrogen) atoms. The van der Waals surface area contributed by atoms with Crippen molar-refractivity contribution >= 4 is 11.5 Å². The number of rotatable bonds is 5. The molecule has 2 heterocycles. The number of hydrogen-bond donors (Lipinski definition) is 1. The number of aromatic nitrogens is 3. The smallest absolute Gasteiger partial charge is 0.298 e. The van der Waals surface area contributed by atoms with E-state index in [1.165, 1.54) is 6.07 Å². The predicted octanol–water partition coefficient (Wildman–Crippen LogP) is 2.30. The Morgan fingerprint density at radius 1 is 1.42 bits per heavy atom. The predicted molar refractivity (Wildman–Crippen MR) is 72.0 cm³/mol. The Labute approximate surface area is 110 Å². The fourth-order valence-corrected chi connectivity index (χ4v) is 1.82. The Balaban J connectivity index is 2.57. The lowest BCUT2D eigenvalue weighted by atomic mass is 10.2. The van der Waals surface area contributed by atoms with Crippen molar-refractivity contribution in [3.63, 3.8) is 0 Å². The van der Waals surface area contributed by atoms with Gasteiger partial charge in [-0.2, -0.15) is 0 Å². The molecule has 0 saturated heterocycles. The molecule has 0 amide bonds. The van der Waals surface area contributed by atoms with Crippen molar-refractivity contribution in [1.29, 1.82) is 0 Å². The van der Waals surface area contributed by atoms with Gasteiger partial charge in [0.2, 0.25) is 0 Å². The number of imidazole rings is 1. The van der Waals surface area contributed by atoms with Crippen LogP contribution in [0.1, 0.15) is 13.8 Å². The zero-order valence-electron chi connectivity index (χ0n) is 10.8. The number of nitrogens with one attached hydrogen (secondary N) is 1. The first-order chi connectivity index (χ1) is 9.17. The molecule has 0 saturated carbocycles. The van der Waals surface area contributed by atoms with Crippen molar-refractivity contribution < 1.29 is 4.92 Å². The molecule has 2 rings (SSSR count). The van der Waals surface area contributed by atoms with Gasteiger partial charge in [-0.3, -0.25) is 10.1 Å². The van der Waals surface area contributed by atoms with Crippen molar-refractivity contribution in [2.24, 2.45) is 0 Å². The van der Waals surface area contributed by atoms with Gasteiger partial charge in [0, 0.05) is 31.5 Å². The van der Waals surface area contributed by atoms with E-state index in [0.717, 1.165) is 0 Å². The van der Waals surface area contributed by atoms with Crippen LogP contribution >= 0.6 is 0 Å². The maximum Gasteiger partial charge on any atom is 0.298 e. The quantitative estimate of drug-likeness (QED) is 0.659. The van der Waals surface area contributed by atoms with E-state index in [2.05, 4.69) is 15.3 Å². The second-order valence-electron chi connectivity index (χ2n) is 3.89. The first-order valence-corrected chi connectivity index (χ1v) is 6.08. The number of aryl methyl sites for hydroxylation is 1. The number of anilines is 1. The van der Waals surface area contributed by atoms with Crippen molar-refractivity contribution in [3.8, 4) is 11.5 Å². The summed E-state index contributed by atoms with van der Waals surface area (Å²) in [7, 11) is 0. The fraction of sp³-hybridized carbons (Fsp3) is 0.333. The summed E-state index contributed by atoms with van der Waals surface area (Å²) in [5.74, 6) is 1.11. The van der Waals surface area contributed by atoms with Crippen LogP contribution in [0.3, 0.4) is 0 Å². The van der Waals surface area contributed by atoms with Crippen molar-refractivity contribution in [2.45, 2.75) is 20.4 Å². The molecule has 0 aromatic carbocycles. The molecule has 0 spiro atoms. The molecule has 0 atom stereocenters. The molecule has 7 heteroatoms. The highest BCUT2D eigenvalue weighted by Crippen LogP contribution is 2.28. The summed E-state index contributed by atoms with van der Waals surface area (Å²) < 4.78 is 1.82. The Hall–Kier alpha value is -2.44. The van der Waals surface area contributed by atoms with E-state index in [1.54, 1.807) is 18.5 Å². The molecule has 7 nitrogen and oxygen atoms in total. The van der Waals surface area contributed by atoms with Gasteiger partial charge in [0.15, 0.2) is 11.5 Å². The molecular formula is C12H15N5O2. The minimum absolute atomic E-state index is 0.0393. The summed E-state index contributed by atoms with van der Waals surface area (Å²) in [6.07, 6.45) is 3.39. The van der Waals surface area contributed by atoms with Gasteiger partial charge in [-0.1, -0.05) is 0 Å². The fourth-order valence-electron chi connectivity index (χ4n) is 1.82. The summed E-state index contributed by atoms with van der Waals surface area (Å²) in [6.45, 7) is 5.27. The normalized spacial score (nSPS) is 10.4. The average Bonchev–Trinajstić information content (AvgIpc) is 2.86. The third-order valence-corrected chi connectivity index (χ3v) is 2.70. The third-order valence-electron chi connectivity index (χ3n) is 2.70. The van der Waals surface area contributed by atoms with Crippen LogP contribution in [0.25, 0.3) is 11.5 Å². The van der Waals surface area contributed by atoms with Crippen LogP contribution in [0.15, 0.2) is 24.5 Å². The monoisotopic (exact) mass is 261 g/mol. The van der Waals surface area contributed by atoms with Crippen LogP contribution in [0.5, 0.6) is 0 Å². The Morgan fingerprint density at radius 3 is 2.84 bits per heavy atom. The van der Waals surface area contributed by atoms with Gasteiger partial charge >= 0.3 is 0 Å². The maximum absolute atomic E-state index is 11.1. The van der Waals surface area contributed by atoms with Gasteiger partial charge in [0.1, 0.15) is 5.82 Å². The Morgan fingerprint density at radius 2 is 2.21 bits per heavy atom. The molecule has 0 radical (unpaired) electrons. The molecule has 0 bridgehead atoms. The molecule has 100 valence electrons. The first kappa shape index (κ1) is 13.0. The molecule has 0 unspecified atom stereocenters. The highest BCUT2D eigenvalue weighted by atomic mass is 16.6. The zero-order valence-corrected chi connectivity index (χ0v) is 10.8. The van der Waals surface area contributed by atoms with E-state index in [1.807, 2.05) is 18.4 Å². The lowest BCUT2D eigenvalue weighted by Crippen LogP contribution is -2.05. The molecule has 2 aromatic heterocycles. The van der Waals surface area contributed by atoms with Gasteiger partial charge in [-0.25, -0.2) is 9.97 Å². The lowest BCUT2D eigenvalue weighted by Gasteiger charge is -2.07. The van der Waals surface area contributed by atoms with Gasteiger partial charge in [0.05, 0.1) is 4.92 Å².